The van der Waals surface area contributed by atoms with Crippen molar-refractivity contribution in [3.63, 3.8) is 0 Å². The molecule has 0 aliphatic rings. The zero-order valence-electron chi connectivity index (χ0n) is 24.9. The fourth-order valence-corrected chi connectivity index (χ4v) is 5.93. The van der Waals surface area contributed by atoms with Crippen LogP contribution in [0.5, 0.6) is 5.75 Å². The second-order valence-electron chi connectivity index (χ2n) is 10.4. The summed E-state index contributed by atoms with van der Waals surface area (Å²) < 4.78 is 31.8. The Bertz CT molecular complexity index is 1470. The van der Waals surface area contributed by atoms with Crippen molar-refractivity contribution in [2.45, 2.75) is 58.2 Å². The minimum Gasteiger partial charge on any atom is -0.495 e. The summed E-state index contributed by atoms with van der Waals surface area (Å²) in [4.78, 5) is 29.2. The highest BCUT2D eigenvalue weighted by Crippen LogP contribution is 2.30. The van der Waals surface area contributed by atoms with Crippen LogP contribution in [0, 0.1) is 0 Å². The van der Waals surface area contributed by atoms with Gasteiger partial charge in [-0.25, -0.2) is 8.42 Å². The first-order chi connectivity index (χ1) is 20.4. The molecule has 0 saturated carbocycles. The largest absolute Gasteiger partial charge is 0.495 e. The van der Waals surface area contributed by atoms with E-state index in [1.165, 1.54) is 17.5 Å². The molecule has 0 saturated heterocycles. The van der Waals surface area contributed by atoms with Gasteiger partial charge in [0.05, 0.1) is 24.1 Å². The highest BCUT2D eigenvalue weighted by Gasteiger charge is 2.31. The van der Waals surface area contributed by atoms with Crippen molar-refractivity contribution >= 4 is 50.7 Å². The van der Waals surface area contributed by atoms with Gasteiger partial charge in [0.2, 0.25) is 21.8 Å². The molecule has 8 nitrogen and oxygen atoms in total. The molecular weight excluding hydrogens is 609 g/mol. The number of amides is 2. The fraction of sp³-hybridized carbons (Fsp3) is 0.375. The van der Waals surface area contributed by atoms with Crippen LogP contribution in [0.2, 0.25) is 10.0 Å². The first kappa shape index (κ1) is 34.2. The van der Waals surface area contributed by atoms with Crippen LogP contribution in [0.3, 0.4) is 0 Å². The highest BCUT2D eigenvalue weighted by molar-refractivity contribution is 7.92. The van der Waals surface area contributed by atoms with E-state index in [2.05, 4.69) is 5.32 Å². The van der Waals surface area contributed by atoms with Gasteiger partial charge in [-0.15, -0.1) is 0 Å². The normalized spacial score (nSPS) is 12.7. The van der Waals surface area contributed by atoms with Gasteiger partial charge in [-0.2, -0.15) is 0 Å². The molecule has 2 unspecified atom stereocenters. The zero-order valence-corrected chi connectivity index (χ0v) is 27.3. The van der Waals surface area contributed by atoms with Crippen molar-refractivity contribution in [1.29, 1.82) is 0 Å². The topological polar surface area (TPSA) is 96.0 Å². The Morgan fingerprint density at radius 2 is 1.65 bits per heavy atom. The number of anilines is 1. The summed E-state index contributed by atoms with van der Waals surface area (Å²) in [6.07, 6.45) is 2.41. The molecule has 0 radical (unpaired) electrons. The summed E-state index contributed by atoms with van der Waals surface area (Å²) in [5.41, 5.74) is 2.10. The molecule has 3 aromatic rings. The van der Waals surface area contributed by atoms with Crippen LogP contribution in [0.1, 0.15) is 44.2 Å². The van der Waals surface area contributed by atoms with Gasteiger partial charge in [-0.3, -0.25) is 13.9 Å². The Hall–Kier alpha value is -3.27. The number of methoxy groups -OCH3 is 1. The first-order valence-corrected chi connectivity index (χ1v) is 16.7. The average molecular weight is 649 g/mol. The summed E-state index contributed by atoms with van der Waals surface area (Å²) in [7, 11) is -2.20. The fourth-order valence-electron chi connectivity index (χ4n) is 4.60. The number of benzene rings is 3. The van der Waals surface area contributed by atoms with Gasteiger partial charge in [-0.05, 0) is 61.2 Å². The Morgan fingerprint density at radius 3 is 2.23 bits per heavy atom. The summed E-state index contributed by atoms with van der Waals surface area (Å²) >= 11 is 12.4. The number of hydrogen-bond acceptors (Lipinski definition) is 5. The standard InChI is InChI=1S/C32H39Cl2N3O5S/c1-5-23(2)35-32(39)29(20-24-10-7-6-8-11-24)36(22-25-13-15-26(33)16-14-25)31(38)12-9-19-37(43(4,40)41)27-17-18-30(42-3)28(34)21-27/h6-8,10-11,13-18,21,23,29H,5,9,12,19-20,22H2,1-4H3,(H,35,39). The van der Waals surface area contributed by atoms with Crippen molar-refractivity contribution in [3.05, 3.63) is 94.0 Å². The van der Waals surface area contributed by atoms with Crippen LogP contribution in [-0.4, -0.2) is 57.1 Å². The Labute approximate surface area is 265 Å². The molecule has 0 spiro atoms. The third-order valence-electron chi connectivity index (χ3n) is 7.11. The third kappa shape index (κ3) is 10.2. The summed E-state index contributed by atoms with van der Waals surface area (Å²) in [6, 6.07) is 20.6. The van der Waals surface area contributed by atoms with E-state index in [-0.39, 0.29) is 48.8 Å². The molecular formula is C32H39Cl2N3O5S. The number of sulfonamides is 1. The number of carbonyl (C=O) groups excluding carboxylic acids is 2. The van der Waals surface area contributed by atoms with Crippen LogP contribution in [0.4, 0.5) is 5.69 Å². The molecule has 3 rings (SSSR count). The number of nitrogens with one attached hydrogen (secondary N) is 1. The third-order valence-corrected chi connectivity index (χ3v) is 8.86. The molecule has 232 valence electrons. The molecule has 1 N–H and O–H groups in total. The molecule has 0 fully saturated rings. The van der Waals surface area contributed by atoms with Gasteiger partial charge in [0.25, 0.3) is 0 Å². The monoisotopic (exact) mass is 647 g/mol. The average Bonchev–Trinajstić information content (AvgIpc) is 2.97. The summed E-state index contributed by atoms with van der Waals surface area (Å²) in [6.45, 7) is 4.14. The molecule has 0 aromatic heterocycles. The maximum absolute atomic E-state index is 13.9. The van der Waals surface area contributed by atoms with Crippen LogP contribution in [0.15, 0.2) is 72.8 Å². The lowest BCUT2D eigenvalue weighted by Gasteiger charge is -2.32. The molecule has 43 heavy (non-hydrogen) atoms. The molecule has 0 aliphatic carbocycles. The minimum absolute atomic E-state index is 0.0192. The number of halogens is 2. The molecule has 0 bridgehead atoms. The lowest BCUT2D eigenvalue weighted by molar-refractivity contribution is -0.141. The van der Waals surface area contributed by atoms with Crippen molar-refractivity contribution in [2.24, 2.45) is 0 Å². The van der Waals surface area contributed by atoms with Crippen molar-refractivity contribution in [3.8, 4) is 5.75 Å². The molecule has 0 aliphatic heterocycles. The van der Waals surface area contributed by atoms with Gasteiger partial charge >= 0.3 is 0 Å². The van der Waals surface area contributed by atoms with Gasteiger partial charge < -0.3 is 15.0 Å². The van der Waals surface area contributed by atoms with Crippen LogP contribution in [0.25, 0.3) is 0 Å². The van der Waals surface area contributed by atoms with Crippen molar-refractivity contribution in [1.82, 2.24) is 10.2 Å². The lowest BCUT2D eigenvalue weighted by Crippen LogP contribution is -2.52. The Morgan fingerprint density at radius 1 is 0.977 bits per heavy atom. The van der Waals surface area contributed by atoms with Crippen LogP contribution in [-0.2, 0) is 32.6 Å². The summed E-state index contributed by atoms with van der Waals surface area (Å²) in [5, 5.41) is 3.89. The van der Waals surface area contributed by atoms with E-state index in [1.807, 2.05) is 56.3 Å². The van der Waals surface area contributed by atoms with Gasteiger partial charge in [0, 0.05) is 37.0 Å². The molecule has 11 heteroatoms. The Kier molecular flexibility index (Phi) is 12.7. The van der Waals surface area contributed by atoms with Crippen molar-refractivity contribution < 1.29 is 22.7 Å². The van der Waals surface area contributed by atoms with E-state index in [4.69, 9.17) is 27.9 Å². The van der Waals surface area contributed by atoms with E-state index in [0.717, 1.165) is 23.8 Å². The SMILES string of the molecule is CCC(C)NC(=O)C(Cc1ccccc1)N(Cc1ccc(Cl)cc1)C(=O)CCCN(c1ccc(OC)c(Cl)c1)S(C)(=O)=O. The number of rotatable bonds is 15. The van der Waals surface area contributed by atoms with E-state index in [0.29, 0.717) is 22.9 Å². The number of ether oxygens (including phenoxy) is 1. The van der Waals surface area contributed by atoms with Crippen LogP contribution >= 0.6 is 23.2 Å². The smallest absolute Gasteiger partial charge is 0.243 e. The number of carbonyl (C=O) groups is 2. The number of hydrogen-bond donors (Lipinski definition) is 1. The Balaban J connectivity index is 1.89. The van der Waals surface area contributed by atoms with Gasteiger partial charge in [-0.1, -0.05) is 72.6 Å². The first-order valence-electron chi connectivity index (χ1n) is 14.1. The molecule has 2 atom stereocenters. The summed E-state index contributed by atoms with van der Waals surface area (Å²) in [5.74, 6) is -0.0884. The van der Waals surface area contributed by atoms with Gasteiger partial charge in [0.1, 0.15) is 11.8 Å². The second kappa shape index (κ2) is 16.0. The number of nitrogens with zero attached hydrogens (tertiary/aromatic N) is 2. The maximum atomic E-state index is 13.9. The van der Waals surface area contributed by atoms with Gasteiger partial charge in [0.15, 0.2) is 0 Å². The highest BCUT2D eigenvalue weighted by atomic mass is 35.5. The molecule has 2 amide bonds. The van der Waals surface area contributed by atoms with Crippen molar-refractivity contribution in [2.75, 3.05) is 24.2 Å². The van der Waals surface area contributed by atoms with E-state index in [1.54, 1.807) is 29.2 Å². The van der Waals surface area contributed by atoms with E-state index in [9.17, 15) is 18.0 Å². The predicted molar refractivity (Wildman–Crippen MR) is 173 cm³/mol. The van der Waals surface area contributed by atoms with Crippen LogP contribution < -0.4 is 14.4 Å². The lowest BCUT2D eigenvalue weighted by atomic mass is 10.0. The minimum atomic E-state index is -3.68. The van der Waals surface area contributed by atoms with E-state index < -0.39 is 16.1 Å². The molecule has 0 heterocycles. The molecule has 3 aromatic carbocycles. The quantitative estimate of drug-likeness (QED) is 0.215. The maximum Gasteiger partial charge on any atom is 0.243 e. The zero-order chi connectivity index (χ0) is 31.6. The predicted octanol–water partition coefficient (Wildman–Crippen LogP) is 6.10. The van der Waals surface area contributed by atoms with E-state index >= 15 is 0 Å². The second-order valence-corrected chi connectivity index (χ2v) is 13.2.